The minimum Gasteiger partial charge on any atom is -0.454 e. The van der Waals surface area contributed by atoms with E-state index in [9.17, 15) is 9.59 Å². The summed E-state index contributed by atoms with van der Waals surface area (Å²) in [6.07, 6.45) is 6.38. The van der Waals surface area contributed by atoms with E-state index >= 15 is 0 Å². The first kappa shape index (κ1) is 19.0. The van der Waals surface area contributed by atoms with Gasteiger partial charge in [-0.1, -0.05) is 6.08 Å². The maximum atomic E-state index is 12.9. The van der Waals surface area contributed by atoms with Gasteiger partial charge in [-0.05, 0) is 52.3 Å². The smallest absolute Gasteiger partial charge is 0.251 e. The Morgan fingerprint density at radius 3 is 2.59 bits per heavy atom. The van der Waals surface area contributed by atoms with Gasteiger partial charge in [0, 0.05) is 36.1 Å². The van der Waals surface area contributed by atoms with E-state index < -0.39 is 6.04 Å². The number of amides is 1. The Kier molecular flexibility index (Phi) is 5.00. The molecule has 1 aromatic carbocycles. The number of hydrogen-bond donors (Lipinski definition) is 0. The fourth-order valence-corrected chi connectivity index (χ4v) is 2.99. The SMILES string of the molecule is C[C@H](C(=O)c1ccc2c(c1)OCO2)N(C)C(=O)C1=CN(C(C)(C)C)C=CC1. The minimum absolute atomic E-state index is 0.116. The van der Waals surface area contributed by atoms with Gasteiger partial charge in [-0.15, -0.1) is 0 Å². The molecular weight excluding hydrogens is 344 g/mol. The average molecular weight is 370 g/mol. The van der Waals surface area contributed by atoms with Crippen LogP contribution in [0.3, 0.4) is 0 Å². The molecule has 0 radical (unpaired) electrons. The number of ether oxygens (including phenoxy) is 2. The van der Waals surface area contributed by atoms with Crippen LogP contribution in [0.15, 0.2) is 42.2 Å². The molecule has 144 valence electrons. The van der Waals surface area contributed by atoms with Crippen molar-refractivity contribution in [3.05, 3.63) is 47.8 Å². The van der Waals surface area contributed by atoms with Gasteiger partial charge in [0.2, 0.25) is 6.79 Å². The molecule has 6 nitrogen and oxygen atoms in total. The zero-order chi connectivity index (χ0) is 19.8. The quantitative estimate of drug-likeness (QED) is 0.761. The summed E-state index contributed by atoms with van der Waals surface area (Å²) in [6.45, 7) is 8.14. The van der Waals surface area contributed by atoms with Crippen molar-refractivity contribution in [3.8, 4) is 11.5 Å². The Labute approximate surface area is 160 Å². The second kappa shape index (κ2) is 7.10. The molecule has 1 atom stereocenters. The first-order chi connectivity index (χ1) is 12.7. The number of hydrogen-bond acceptors (Lipinski definition) is 5. The molecule has 6 heteroatoms. The molecule has 0 spiro atoms. The summed E-state index contributed by atoms with van der Waals surface area (Å²) in [7, 11) is 1.67. The highest BCUT2D eigenvalue weighted by molar-refractivity contribution is 6.04. The van der Waals surface area contributed by atoms with Crippen LogP contribution >= 0.6 is 0 Å². The molecular formula is C21H26N2O4. The van der Waals surface area contributed by atoms with E-state index in [2.05, 4.69) is 20.8 Å². The summed E-state index contributed by atoms with van der Waals surface area (Å²) < 4.78 is 10.6. The molecule has 0 saturated carbocycles. The molecule has 2 aliphatic heterocycles. The highest BCUT2D eigenvalue weighted by Gasteiger charge is 2.28. The first-order valence-electron chi connectivity index (χ1n) is 9.05. The van der Waals surface area contributed by atoms with Gasteiger partial charge in [0.05, 0.1) is 6.04 Å². The third-order valence-electron chi connectivity index (χ3n) is 4.89. The van der Waals surface area contributed by atoms with Crippen molar-refractivity contribution in [3.63, 3.8) is 0 Å². The second-order valence-corrected chi connectivity index (χ2v) is 7.85. The lowest BCUT2D eigenvalue weighted by atomic mass is 10.0. The first-order valence-corrected chi connectivity index (χ1v) is 9.05. The maximum Gasteiger partial charge on any atom is 0.251 e. The Hall–Kier alpha value is -2.76. The summed E-state index contributed by atoms with van der Waals surface area (Å²) in [5.74, 6) is 0.909. The molecule has 0 N–H and O–H groups in total. The van der Waals surface area contributed by atoms with Gasteiger partial charge in [-0.3, -0.25) is 9.59 Å². The summed E-state index contributed by atoms with van der Waals surface area (Å²) in [5, 5.41) is 0. The van der Waals surface area contributed by atoms with Crippen LogP contribution in [0.4, 0.5) is 0 Å². The number of rotatable bonds is 4. The average Bonchev–Trinajstić information content (AvgIpc) is 3.12. The number of allylic oxidation sites excluding steroid dienone is 1. The highest BCUT2D eigenvalue weighted by atomic mass is 16.7. The Morgan fingerprint density at radius 1 is 1.19 bits per heavy atom. The van der Waals surface area contributed by atoms with Crippen LogP contribution in [0.2, 0.25) is 0 Å². The lowest BCUT2D eigenvalue weighted by Crippen LogP contribution is -2.42. The molecule has 27 heavy (non-hydrogen) atoms. The van der Waals surface area contributed by atoms with Crippen molar-refractivity contribution in [2.75, 3.05) is 13.8 Å². The highest BCUT2D eigenvalue weighted by Crippen LogP contribution is 2.33. The molecule has 0 aliphatic carbocycles. The lowest BCUT2D eigenvalue weighted by Gasteiger charge is -2.35. The van der Waals surface area contributed by atoms with E-state index in [4.69, 9.17) is 9.47 Å². The summed E-state index contributed by atoms with van der Waals surface area (Å²) in [4.78, 5) is 29.3. The second-order valence-electron chi connectivity index (χ2n) is 7.85. The molecule has 0 aromatic heterocycles. The van der Waals surface area contributed by atoms with E-state index in [0.29, 0.717) is 29.1 Å². The van der Waals surface area contributed by atoms with Gasteiger partial charge in [0.25, 0.3) is 5.91 Å². The third-order valence-corrected chi connectivity index (χ3v) is 4.89. The standard InChI is InChI=1S/C21H26N2O4/c1-14(19(24)15-8-9-17-18(11-15)27-13-26-17)22(5)20(25)16-7-6-10-23(12-16)21(2,3)4/h6,8-12,14H,7,13H2,1-5H3/t14-/m1/s1. The van der Waals surface area contributed by atoms with Gasteiger partial charge >= 0.3 is 0 Å². The summed E-state index contributed by atoms with van der Waals surface area (Å²) >= 11 is 0. The third kappa shape index (κ3) is 3.84. The fourth-order valence-electron chi connectivity index (χ4n) is 2.99. The van der Waals surface area contributed by atoms with Gasteiger partial charge in [0.1, 0.15) is 0 Å². The lowest BCUT2D eigenvalue weighted by molar-refractivity contribution is -0.127. The van der Waals surface area contributed by atoms with Crippen molar-refractivity contribution in [1.82, 2.24) is 9.80 Å². The normalized spacial score (nSPS) is 16.8. The fraction of sp³-hybridized carbons (Fsp3) is 0.429. The Bertz CT molecular complexity index is 820. The molecule has 0 unspecified atom stereocenters. The summed E-state index contributed by atoms with van der Waals surface area (Å²) in [5.41, 5.74) is 1.05. The van der Waals surface area contributed by atoms with Crippen molar-refractivity contribution >= 4 is 11.7 Å². The van der Waals surface area contributed by atoms with E-state index in [1.807, 2.05) is 23.4 Å². The predicted octanol–water partition coefficient (Wildman–Crippen LogP) is 3.35. The monoisotopic (exact) mass is 370 g/mol. The number of ketones is 1. The van der Waals surface area contributed by atoms with Crippen molar-refractivity contribution in [2.45, 2.75) is 45.7 Å². The zero-order valence-electron chi connectivity index (χ0n) is 16.5. The van der Waals surface area contributed by atoms with Crippen LogP contribution in [-0.4, -0.2) is 46.9 Å². The predicted molar refractivity (Wildman–Crippen MR) is 103 cm³/mol. The zero-order valence-corrected chi connectivity index (χ0v) is 16.5. The molecule has 2 heterocycles. The topological polar surface area (TPSA) is 59.1 Å². The number of carbonyl (C=O) groups is 2. The molecule has 1 amide bonds. The van der Waals surface area contributed by atoms with Gasteiger partial charge in [-0.25, -0.2) is 0 Å². The van der Waals surface area contributed by atoms with Crippen LogP contribution in [0, 0.1) is 0 Å². The molecule has 0 fully saturated rings. The van der Waals surface area contributed by atoms with E-state index in [0.717, 1.165) is 0 Å². The Balaban J connectivity index is 1.74. The van der Waals surface area contributed by atoms with Gasteiger partial charge in [0.15, 0.2) is 17.3 Å². The number of carbonyl (C=O) groups excluding carboxylic acids is 2. The van der Waals surface area contributed by atoms with Crippen LogP contribution in [0.5, 0.6) is 11.5 Å². The van der Waals surface area contributed by atoms with Gasteiger partial charge < -0.3 is 19.3 Å². The van der Waals surface area contributed by atoms with Crippen LogP contribution < -0.4 is 9.47 Å². The number of Topliss-reactive ketones (excluding diaryl/α,β-unsaturated/α-hetero) is 1. The number of likely N-dealkylation sites (N-methyl/N-ethyl adjacent to an activating group) is 1. The van der Waals surface area contributed by atoms with E-state index in [1.165, 1.54) is 4.90 Å². The summed E-state index contributed by atoms with van der Waals surface area (Å²) in [6, 6.07) is 4.51. The van der Waals surface area contributed by atoms with E-state index in [-0.39, 0.29) is 24.0 Å². The largest absolute Gasteiger partial charge is 0.454 e. The van der Waals surface area contributed by atoms with Crippen molar-refractivity contribution in [1.29, 1.82) is 0 Å². The van der Waals surface area contributed by atoms with Crippen molar-refractivity contribution < 1.29 is 19.1 Å². The van der Waals surface area contributed by atoms with Crippen LogP contribution in [0.25, 0.3) is 0 Å². The minimum atomic E-state index is -0.590. The Morgan fingerprint density at radius 2 is 1.89 bits per heavy atom. The molecule has 0 bridgehead atoms. The molecule has 0 saturated heterocycles. The van der Waals surface area contributed by atoms with Crippen molar-refractivity contribution in [2.24, 2.45) is 0 Å². The molecule has 1 aromatic rings. The van der Waals surface area contributed by atoms with E-state index in [1.54, 1.807) is 32.2 Å². The van der Waals surface area contributed by atoms with Gasteiger partial charge in [-0.2, -0.15) is 0 Å². The number of benzene rings is 1. The number of nitrogens with zero attached hydrogens (tertiary/aromatic N) is 2. The number of fused-ring (bicyclic) bond motifs is 1. The van der Waals surface area contributed by atoms with Crippen LogP contribution in [0.1, 0.15) is 44.5 Å². The molecule has 2 aliphatic rings. The molecule has 3 rings (SSSR count). The maximum absolute atomic E-state index is 12.9. The van der Waals surface area contributed by atoms with Crippen LogP contribution in [-0.2, 0) is 4.79 Å².